The van der Waals surface area contributed by atoms with Crippen LogP contribution in [0, 0.1) is 5.92 Å². The summed E-state index contributed by atoms with van der Waals surface area (Å²) in [5, 5.41) is 19.7. The maximum absolute atomic E-state index is 9.96. The monoisotopic (exact) mass is 253 g/mol. The van der Waals surface area contributed by atoms with Crippen molar-refractivity contribution in [2.24, 2.45) is 5.92 Å². The number of rotatable bonds is 5. The molecule has 0 aliphatic heterocycles. The third kappa shape index (κ3) is 3.07. The lowest BCUT2D eigenvalue weighted by atomic mass is 10.2. The number of aliphatic hydroxyl groups is 1. The predicted octanol–water partition coefficient (Wildman–Crippen LogP) is 1.06. The number of aromatic nitrogens is 5. The van der Waals surface area contributed by atoms with Crippen LogP contribution >= 0.6 is 11.5 Å². The summed E-state index contributed by atoms with van der Waals surface area (Å²) in [6.45, 7) is 5.04. The zero-order valence-corrected chi connectivity index (χ0v) is 10.6. The minimum Gasteiger partial charge on any atom is -0.386 e. The lowest BCUT2D eigenvalue weighted by Gasteiger charge is -2.10. The van der Waals surface area contributed by atoms with E-state index in [0.717, 1.165) is 12.4 Å². The molecule has 1 N–H and O–H groups in total. The molecule has 0 saturated carbocycles. The van der Waals surface area contributed by atoms with E-state index in [-0.39, 0.29) is 0 Å². The molecule has 1 atom stereocenters. The van der Waals surface area contributed by atoms with Gasteiger partial charge in [-0.3, -0.25) is 0 Å². The topological polar surface area (TPSA) is 76.7 Å². The summed E-state index contributed by atoms with van der Waals surface area (Å²) >= 11 is 1.23. The zero-order chi connectivity index (χ0) is 12.3. The molecule has 2 aromatic rings. The van der Waals surface area contributed by atoms with Crippen LogP contribution in [0.1, 0.15) is 31.5 Å². The quantitative estimate of drug-likeness (QED) is 0.862. The molecule has 17 heavy (non-hydrogen) atoms. The molecule has 2 aromatic heterocycles. The highest BCUT2D eigenvalue weighted by Crippen LogP contribution is 2.16. The Labute approximate surface area is 103 Å². The maximum atomic E-state index is 9.96. The van der Waals surface area contributed by atoms with Gasteiger partial charge in [-0.15, -0.1) is 5.10 Å². The highest BCUT2D eigenvalue weighted by Gasteiger charge is 2.15. The Morgan fingerprint density at radius 1 is 1.47 bits per heavy atom. The fraction of sp³-hybridized carbons (Fsp3) is 0.600. The first-order valence-electron chi connectivity index (χ1n) is 5.48. The fourth-order valence-electron chi connectivity index (χ4n) is 1.54. The van der Waals surface area contributed by atoms with Crippen LogP contribution in [0.2, 0.25) is 0 Å². The molecule has 0 aliphatic rings. The van der Waals surface area contributed by atoms with Gasteiger partial charge in [0.05, 0.1) is 0 Å². The van der Waals surface area contributed by atoms with E-state index in [1.807, 2.05) is 4.68 Å². The van der Waals surface area contributed by atoms with Gasteiger partial charge in [0.1, 0.15) is 23.9 Å². The van der Waals surface area contributed by atoms with Gasteiger partial charge in [-0.25, -0.2) is 9.67 Å². The second kappa shape index (κ2) is 5.33. The average molecular weight is 253 g/mol. The van der Waals surface area contributed by atoms with Gasteiger partial charge in [0.25, 0.3) is 0 Å². The standard InChI is InChI=1S/C10H15N5OS/c1-7(2)4-15-10(11-6-12-15)3-9(16)8-5-17-14-13-8/h5-7,9,16H,3-4H2,1-2H3. The lowest BCUT2D eigenvalue weighted by Crippen LogP contribution is -2.13. The first kappa shape index (κ1) is 12.1. The Kier molecular flexibility index (Phi) is 3.80. The van der Waals surface area contributed by atoms with E-state index in [4.69, 9.17) is 0 Å². The van der Waals surface area contributed by atoms with Gasteiger partial charge in [0, 0.05) is 18.3 Å². The normalized spacial score (nSPS) is 13.2. The molecule has 0 aromatic carbocycles. The molecule has 2 rings (SSSR count). The molecule has 2 heterocycles. The van der Waals surface area contributed by atoms with Gasteiger partial charge in [0.2, 0.25) is 0 Å². The van der Waals surface area contributed by atoms with Crippen LogP contribution < -0.4 is 0 Å². The summed E-state index contributed by atoms with van der Waals surface area (Å²) < 4.78 is 5.56. The summed E-state index contributed by atoms with van der Waals surface area (Å²) in [4.78, 5) is 4.17. The average Bonchev–Trinajstić information content (AvgIpc) is 2.89. The predicted molar refractivity (Wildman–Crippen MR) is 63.4 cm³/mol. The van der Waals surface area contributed by atoms with Crippen molar-refractivity contribution in [3.05, 3.63) is 23.2 Å². The summed E-state index contributed by atoms with van der Waals surface area (Å²) in [7, 11) is 0. The zero-order valence-electron chi connectivity index (χ0n) is 9.82. The molecule has 6 nitrogen and oxygen atoms in total. The fourth-order valence-corrected chi connectivity index (χ4v) is 2.04. The third-order valence-electron chi connectivity index (χ3n) is 2.33. The van der Waals surface area contributed by atoms with Gasteiger partial charge in [-0.05, 0) is 17.5 Å². The molecule has 0 spiro atoms. The van der Waals surface area contributed by atoms with Crippen LogP contribution in [-0.2, 0) is 13.0 Å². The summed E-state index contributed by atoms with van der Waals surface area (Å²) in [5.41, 5.74) is 0.592. The van der Waals surface area contributed by atoms with Crippen LogP contribution in [0.3, 0.4) is 0 Å². The molecule has 0 amide bonds. The van der Waals surface area contributed by atoms with Gasteiger partial charge in [-0.1, -0.05) is 18.3 Å². The van der Waals surface area contributed by atoms with E-state index in [1.165, 1.54) is 17.9 Å². The molecule has 0 bridgehead atoms. The van der Waals surface area contributed by atoms with Crippen molar-refractivity contribution in [1.82, 2.24) is 24.4 Å². The van der Waals surface area contributed by atoms with Crippen molar-refractivity contribution < 1.29 is 5.11 Å². The van der Waals surface area contributed by atoms with E-state index < -0.39 is 6.10 Å². The Morgan fingerprint density at radius 2 is 2.29 bits per heavy atom. The van der Waals surface area contributed by atoms with Crippen molar-refractivity contribution in [3.8, 4) is 0 Å². The number of aliphatic hydroxyl groups excluding tert-OH is 1. The lowest BCUT2D eigenvalue weighted by molar-refractivity contribution is 0.168. The van der Waals surface area contributed by atoms with Crippen LogP contribution in [0.15, 0.2) is 11.7 Å². The van der Waals surface area contributed by atoms with Crippen molar-refractivity contribution in [1.29, 1.82) is 0 Å². The molecule has 7 heteroatoms. The van der Waals surface area contributed by atoms with Crippen LogP contribution in [0.4, 0.5) is 0 Å². The van der Waals surface area contributed by atoms with Gasteiger partial charge in [-0.2, -0.15) is 5.10 Å². The van der Waals surface area contributed by atoms with E-state index >= 15 is 0 Å². The first-order chi connectivity index (χ1) is 8.16. The summed E-state index contributed by atoms with van der Waals surface area (Å²) in [6.07, 6.45) is 1.27. The minimum atomic E-state index is -0.663. The van der Waals surface area contributed by atoms with E-state index in [2.05, 4.69) is 33.5 Å². The highest BCUT2D eigenvalue weighted by atomic mass is 32.1. The molecule has 0 fully saturated rings. The Morgan fingerprint density at radius 3 is 2.94 bits per heavy atom. The van der Waals surface area contributed by atoms with Crippen molar-refractivity contribution in [3.63, 3.8) is 0 Å². The molecule has 0 aliphatic carbocycles. The smallest absolute Gasteiger partial charge is 0.138 e. The first-order valence-corrected chi connectivity index (χ1v) is 6.32. The molecule has 1 unspecified atom stereocenters. The van der Waals surface area contributed by atoms with Crippen molar-refractivity contribution >= 4 is 11.5 Å². The van der Waals surface area contributed by atoms with Gasteiger partial charge in [0.15, 0.2) is 0 Å². The van der Waals surface area contributed by atoms with Crippen LogP contribution in [0.5, 0.6) is 0 Å². The minimum absolute atomic E-state index is 0.415. The van der Waals surface area contributed by atoms with Crippen molar-refractivity contribution in [2.75, 3.05) is 0 Å². The molecular weight excluding hydrogens is 238 g/mol. The molecule has 0 saturated heterocycles. The summed E-state index contributed by atoms with van der Waals surface area (Å²) in [6, 6.07) is 0. The molecule has 0 radical (unpaired) electrons. The molecule has 92 valence electrons. The van der Waals surface area contributed by atoms with Crippen LogP contribution in [0.25, 0.3) is 0 Å². The van der Waals surface area contributed by atoms with E-state index in [0.29, 0.717) is 18.0 Å². The van der Waals surface area contributed by atoms with Gasteiger partial charge < -0.3 is 5.11 Å². The number of hydrogen-bond acceptors (Lipinski definition) is 6. The highest BCUT2D eigenvalue weighted by molar-refractivity contribution is 7.03. The van der Waals surface area contributed by atoms with E-state index in [1.54, 1.807) is 5.38 Å². The van der Waals surface area contributed by atoms with Crippen molar-refractivity contribution in [2.45, 2.75) is 32.9 Å². The van der Waals surface area contributed by atoms with Gasteiger partial charge >= 0.3 is 0 Å². The largest absolute Gasteiger partial charge is 0.386 e. The van der Waals surface area contributed by atoms with Crippen LogP contribution in [-0.4, -0.2) is 29.5 Å². The second-order valence-corrected chi connectivity index (χ2v) is 4.91. The summed E-state index contributed by atoms with van der Waals surface area (Å²) in [5.74, 6) is 1.27. The Hall–Kier alpha value is -1.34. The second-order valence-electron chi connectivity index (χ2n) is 4.30. The molecular formula is C10H15N5OS. The van der Waals surface area contributed by atoms with E-state index in [9.17, 15) is 5.11 Å². The Bertz CT molecular complexity index is 453. The number of nitrogens with zero attached hydrogens (tertiary/aromatic N) is 5. The maximum Gasteiger partial charge on any atom is 0.138 e. The SMILES string of the molecule is CC(C)Cn1ncnc1CC(O)c1csnn1. The number of hydrogen-bond donors (Lipinski definition) is 1. The Balaban J connectivity index is 2.06. The third-order valence-corrected chi connectivity index (χ3v) is 2.85.